The minimum Gasteiger partial charge on any atom is -0.308 e. The van der Waals surface area contributed by atoms with Gasteiger partial charge in [-0.1, -0.05) is 29.4 Å². The van der Waals surface area contributed by atoms with Crippen molar-refractivity contribution >= 4 is 46.5 Å². The molecule has 2 amide bonds. The van der Waals surface area contributed by atoms with Gasteiger partial charge in [0.25, 0.3) is 5.78 Å². The van der Waals surface area contributed by atoms with Crippen molar-refractivity contribution in [3.63, 3.8) is 0 Å². The van der Waals surface area contributed by atoms with Crippen LogP contribution in [0.25, 0.3) is 5.78 Å². The zero-order valence-corrected chi connectivity index (χ0v) is 16.3. The standard InChI is InChI=1S/C19H15ClN6OS/c1-12-9-17(26-18(23-12)21-11-22-26)28-16-7-5-14(6-8-16)24-19(27)25-15-4-2-3-13(20)10-15/h2-11H,1H3,(H2,24,25,27). The maximum absolute atomic E-state index is 12.1. The topological polar surface area (TPSA) is 84.2 Å². The van der Waals surface area contributed by atoms with Gasteiger partial charge in [0.05, 0.1) is 0 Å². The number of carbonyl (C=O) groups excluding carboxylic acids is 1. The van der Waals surface area contributed by atoms with Crippen LogP contribution in [0.15, 0.2) is 70.8 Å². The van der Waals surface area contributed by atoms with Crippen LogP contribution < -0.4 is 10.6 Å². The second-order valence-corrected chi connectivity index (χ2v) is 7.45. The van der Waals surface area contributed by atoms with E-state index in [2.05, 4.69) is 25.7 Å². The fourth-order valence-corrected chi connectivity index (χ4v) is 3.71. The minimum absolute atomic E-state index is 0.336. The molecule has 0 aliphatic heterocycles. The number of rotatable bonds is 4. The molecule has 0 bridgehead atoms. The maximum Gasteiger partial charge on any atom is 0.323 e. The van der Waals surface area contributed by atoms with Crippen molar-refractivity contribution < 1.29 is 4.79 Å². The second-order valence-electron chi connectivity index (χ2n) is 5.92. The normalized spacial score (nSPS) is 10.8. The molecule has 0 aliphatic rings. The Balaban J connectivity index is 1.43. The van der Waals surface area contributed by atoms with Crippen molar-refractivity contribution in [2.24, 2.45) is 0 Å². The number of benzene rings is 2. The first-order chi connectivity index (χ1) is 13.6. The van der Waals surface area contributed by atoms with Gasteiger partial charge >= 0.3 is 6.03 Å². The molecule has 0 fully saturated rings. The third-order valence-electron chi connectivity index (χ3n) is 3.76. The number of fused-ring (bicyclic) bond motifs is 1. The number of hydrogen-bond donors (Lipinski definition) is 2. The van der Waals surface area contributed by atoms with Gasteiger partial charge < -0.3 is 10.6 Å². The Hall–Kier alpha value is -3.10. The number of aromatic nitrogens is 4. The molecule has 0 saturated carbocycles. The Labute approximate surface area is 170 Å². The lowest BCUT2D eigenvalue weighted by Gasteiger charge is -2.09. The van der Waals surface area contributed by atoms with Gasteiger partial charge in [-0.3, -0.25) is 0 Å². The Kier molecular flexibility index (Phi) is 5.14. The first-order valence-electron chi connectivity index (χ1n) is 8.36. The molecule has 0 saturated heterocycles. The second kappa shape index (κ2) is 7.87. The summed E-state index contributed by atoms with van der Waals surface area (Å²) in [6, 6.07) is 16.1. The Bertz CT molecular complexity index is 1140. The summed E-state index contributed by atoms with van der Waals surface area (Å²) in [5, 5.41) is 11.2. The molecule has 2 aromatic carbocycles. The molecule has 4 rings (SSSR count). The van der Waals surface area contributed by atoms with E-state index in [1.807, 2.05) is 37.3 Å². The van der Waals surface area contributed by atoms with Crippen LogP contribution in [0.2, 0.25) is 5.02 Å². The van der Waals surface area contributed by atoms with E-state index in [4.69, 9.17) is 11.6 Å². The quantitative estimate of drug-likeness (QED) is 0.468. The van der Waals surface area contributed by atoms with Crippen molar-refractivity contribution in [1.82, 2.24) is 19.6 Å². The molecule has 2 N–H and O–H groups in total. The number of amides is 2. The molecule has 140 valence electrons. The summed E-state index contributed by atoms with van der Waals surface area (Å²) >= 11 is 7.47. The first-order valence-corrected chi connectivity index (χ1v) is 9.55. The smallest absolute Gasteiger partial charge is 0.308 e. The summed E-state index contributed by atoms with van der Waals surface area (Å²) in [4.78, 5) is 21.6. The van der Waals surface area contributed by atoms with E-state index < -0.39 is 0 Å². The molecule has 2 heterocycles. The average molecular weight is 411 g/mol. The van der Waals surface area contributed by atoms with E-state index in [0.717, 1.165) is 15.6 Å². The fourth-order valence-electron chi connectivity index (χ4n) is 2.56. The molecule has 28 heavy (non-hydrogen) atoms. The highest BCUT2D eigenvalue weighted by atomic mass is 35.5. The van der Waals surface area contributed by atoms with E-state index in [-0.39, 0.29) is 6.03 Å². The number of halogens is 1. The molecule has 0 aliphatic carbocycles. The Morgan fingerprint density at radius 2 is 1.86 bits per heavy atom. The average Bonchev–Trinajstić information content (AvgIpc) is 3.12. The predicted octanol–water partition coefficient (Wildman–Crippen LogP) is 4.88. The van der Waals surface area contributed by atoms with Crippen LogP contribution in [0.5, 0.6) is 0 Å². The van der Waals surface area contributed by atoms with Crippen molar-refractivity contribution in [1.29, 1.82) is 0 Å². The van der Waals surface area contributed by atoms with E-state index >= 15 is 0 Å². The summed E-state index contributed by atoms with van der Waals surface area (Å²) < 4.78 is 1.70. The highest BCUT2D eigenvalue weighted by Crippen LogP contribution is 2.28. The fraction of sp³-hybridized carbons (Fsp3) is 0.0526. The third-order valence-corrected chi connectivity index (χ3v) is 5.01. The number of nitrogens with one attached hydrogen (secondary N) is 2. The molecule has 9 heteroatoms. The van der Waals surface area contributed by atoms with Gasteiger partial charge in [-0.2, -0.15) is 14.6 Å². The summed E-state index contributed by atoms with van der Waals surface area (Å²) in [5.74, 6) is 0.568. The highest BCUT2D eigenvalue weighted by Gasteiger charge is 2.08. The number of nitrogens with zero attached hydrogens (tertiary/aromatic N) is 4. The third kappa shape index (κ3) is 4.24. The Morgan fingerprint density at radius 3 is 2.64 bits per heavy atom. The van der Waals surface area contributed by atoms with Gasteiger partial charge in [-0.25, -0.2) is 9.78 Å². The van der Waals surface area contributed by atoms with Crippen LogP contribution in [0.3, 0.4) is 0 Å². The predicted molar refractivity (Wildman–Crippen MR) is 110 cm³/mol. The molecule has 4 aromatic rings. The lowest BCUT2D eigenvalue weighted by atomic mass is 10.3. The van der Waals surface area contributed by atoms with Crippen molar-refractivity contribution in [2.45, 2.75) is 16.8 Å². The summed E-state index contributed by atoms with van der Waals surface area (Å²) in [5.41, 5.74) is 2.18. The largest absolute Gasteiger partial charge is 0.323 e. The van der Waals surface area contributed by atoms with Crippen LogP contribution in [0, 0.1) is 6.92 Å². The number of urea groups is 1. The van der Waals surface area contributed by atoms with Crippen LogP contribution in [0.1, 0.15) is 5.69 Å². The van der Waals surface area contributed by atoms with Crippen LogP contribution >= 0.6 is 23.4 Å². The molecule has 0 atom stereocenters. The zero-order valence-electron chi connectivity index (χ0n) is 14.8. The molecular formula is C19H15ClN6OS. The van der Waals surface area contributed by atoms with Gasteiger partial charge in [-0.15, -0.1) is 0 Å². The Morgan fingerprint density at radius 1 is 1.07 bits per heavy atom. The van der Waals surface area contributed by atoms with E-state index in [0.29, 0.717) is 22.2 Å². The number of aryl methyl sites for hydroxylation is 1. The summed E-state index contributed by atoms with van der Waals surface area (Å²) in [6.45, 7) is 1.92. The van der Waals surface area contributed by atoms with Crippen LogP contribution in [0.4, 0.5) is 16.2 Å². The van der Waals surface area contributed by atoms with Crippen molar-refractivity contribution in [3.05, 3.63) is 71.6 Å². The van der Waals surface area contributed by atoms with Gasteiger partial charge in [0, 0.05) is 27.0 Å². The minimum atomic E-state index is -0.336. The lowest BCUT2D eigenvalue weighted by molar-refractivity contribution is 0.262. The molecule has 0 unspecified atom stereocenters. The van der Waals surface area contributed by atoms with Gasteiger partial charge in [0.2, 0.25) is 0 Å². The lowest BCUT2D eigenvalue weighted by Crippen LogP contribution is -2.19. The van der Waals surface area contributed by atoms with Gasteiger partial charge in [-0.05, 0) is 55.5 Å². The molecular weight excluding hydrogens is 396 g/mol. The molecule has 0 radical (unpaired) electrons. The molecule has 2 aromatic heterocycles. The van der Waals surface area contributed by atoms with E-state index in [1.165, 1.54) is 6.33 Å². The maximum atomic E-state index is 12.1. The molecule has 0 spiro atoms. The first kappa shape index (κ1) is 18.3. The van der Waals surface area contributed by atoms with Crippen molar-refractivity contribution in [2.75, 3.05) is 10.6 Å². The number of hydrogen-bond acceptors (Lipinski definition) is 5. The van der Waals surface area contributed by atoms with Gasteiger partial charge in [0.1, 0.15) is 11.4 Å². The van der Waals surface area contributed by atoms with Crippen molar-refractivity contribution in [3.8, 4) is 0 Å². The number of carbonyl (C=O) groups is 1. The zero-order chi connectivity index (χ0) is 19.5. The monoisotopic (exact) mass is 410 g/mol. The van der Waals surface area contributed by atoms with E-state index in [1.54, 1.807) is 40.5 Å². The summed E-state index contributed by atoms with van der Waals surface area (Å²) in [6.07, 6.45) is 1.48. The summed E-state index contributed by atoms with van der Waals surface area (Å²) in [7, 11) is 0. The molecule has 7 nitrogen and oxygen atoms in total. The van der Waals surface area contributed by atoms with Gasteiger partial charge in [0.15, 0.2) is 0 Å². The number of anilines is 2. The van der Waals surface area contributed by atoms with Crippen LogP contribution in [-0.4, -0.2) is 25.6 Å². The van der Waals surface area contributed by atoms with E-state index in [9.17, 15) is 4.79 Å². The van der Waals surface area contributed by atoms with Crippen LogP contribution in [-0.2, 0) is 0 Å². The SMILES string of the molecule is Cc1cc(Sc2ccc(NC(=O)Nc3cccc(Cl)c3)cc2)n2ncnc2n1. The highest BCUT2D eigenvalue weighted by molar-refractivity contribution is 7.99.